The molecule has 0 saturated heterocycles. The van der Waals surface area contributed by atoms with Crippen LogP contribution in [-0.4, -0.2) is 37.7 Å². The Bertz CT molecular complexity index is 1260. The predicted molar refractivity (Wildman–Crippen MR) is 114 cm³/mol. The summed E-state index contributed by atoms with van der Waals surface area (Å²) < 4.78 is 31.9. The molecular formula is C19H17BrN2O5S2. The Balaban J connectivity index is 2.06. The first-order chi connectivity index (χ1) is 13.7. The number of fused-ring (bicyclic) bond motifs is 1. The minimum atomic E-state index is -3.34. The highest BCUT2D eigenvalue weighted by atomic mass is 79.9. The zero-order chi connectivity index (χ0) is 21.2. The van der Waals surface area contributed by atoms with Gasteiger partial charge in [0.25, 0.3) is 5.91 Å². The second kappa shape index (κ2) is 8.60. The van der Waals surface area contributed by atoms with Crippen LogP contribution in [0.4, 0.5) is 0 Å². The Kier molecular flexibility index (Phi) is 6.35. The number of methoxy groups -OCH3 is 1. The topological polar surface area (TPSA) is 94.8 Å². The van der Waals surface area contributed by atoms with Gasteiger partial charge >= 0.3 is 5.97 Å². The van der Waals surface area contributed by atoms with Crippen LogP contribution >= 0.6 is 27.3 Å². The molecule has 0 radical (unpaired) electrons. The van der Waals surface area contributed by atoms with E-state index >= 15 is 0 Å². The van der Waals surface area contributed by atoms with E-state index in [2.05, 4.69) is 20.9 Å². The van der Waals surface area contributed by atoms with Gasteiger partial charge in [-0.25, -0.2) is 8.42 Å². The van der Waals surface area contributed by atoms with Crippen molar-refractivity contribution in [3.8, 4) is 0 Å². The van der Waals surface area contributed by atoms with Crippen molar-refractivity contribution < 1.29 is 22.7 Å². The summed E-state index contributed by atoms with van der Waals surface area (Å²) in [5.41, 5.74) is 1.00. The van der Waals surface area contributed by atoms with Crippen LogP contribution in [0.3, 0.4) is 0 Å². The number of halogens is 1. The lowest BCUT2D eigenvalue weighted by atomic mass is 10.2. The highest BCUT2D eigenvalue weighted by Crippen LogP contribution is 2.22. The van der Waals surface area contributed by atoms with Gasteiger partial charge in [-0.2, -0.15) is 4.99 Å². The first-order valence-corrected chi connectivity index (χ1v) is 11.8. The summed E-state index contributed by atoms with van der Waals surface area (Å²) in [5.74, 6) is -1.01. The SMILES string of the molecule is CCS(=O)(=O)c1ccc(C(=O)N=c2sc3cc(Br)ccc3n2CC(=O)OC)cc1. The number of hydrogen-bond acceptors (Lipinski definition) is 6. The molecule has 0 aliphatic heterocycles. The average molecular weight is 497 g/mol. The van der Waals surface area contributed by atoms with Crippen molar-refractivity contribution in [3.05, 3.63) is 57.3 Å². The van der Waals surface area contributed by atoms with E-state index in [1.807, 2.05) is 18.2 Å². The number of hydrogen-bond donors (Lipinski definition) is 0. The van der Waals surface area contributed by atoms with Gasteiger partial charge in [0.1, 0.15) is 6.54 Å². The molecule has 0 saturated carbocycles. The van der Waals surface area contributed by atoms with E-state index in [0.29, 0.717) is 4.80 Å². The van der Waals surface area contributed by atoms with Crippen LogP contribution in [0.25, 0.3) is 10.2 Å². The lowest BCUT2D eigenvalue weighted by Gasteiger charge is -2.04. The van der Waals surface area contributed by atoms with Crippen LogP contribution in [0.1, 0.15) is 17.3 Å². The van der Waals surface area contributed by atoms with Crippen molar-refractivity contribution >= 4 is 59.2 Å². The number of benzene rings is 2. The maximum atomic E-state index is 12.6. The summed E-state index contributed by atoms with van der Waals surface area (Å²) in [7, 11) is -2.05. The molecule has 1 aromatic heterocycles. The van der Waals surface area contributed by atoms with Gasteiger partial charge in [0.15, 0.2) is 14.6 Å². The van der Waals surface area contributed by atoms with Gasteiger partial charge in [-0.15, -0.1) is 0 Å². The monoisotopic (exact) mass is 496 g/mol. The molecule has 29 heavy (non-hydrogen) atoms. The molecule has 2 aromatic carbocycles. The molecule has 0 spiro atoms. The van der Waals surface area contributed by atoms with Gasteiger partial charge < -0.3 is 9.30 Å². The van der Waals surface area contributed by atoms with Crippen molar-refractivity contribution in [2.45, 2.75) is 18.4 Å². The van der Waals surface area contributed by atoms with E-state index in [9.17, 15) is 18.0 Å². The molecule has 0 aliphatic rings. The number of aromatic nitrogens is 1. The maximum Gasteiger partial charge on any atom is 0.325 e. The van der Waals surface area contributed by atoms with Crippen molar-refractivity contribution in [2.75, 3.05) is 12.9 Å². The quantitative estimate of drug-likeness (QED) is 0.505. The Hall–Kier alpha value is -2.30. The third kappa shape index (κ3) is 4.65. The lowest BCUT2D eigenvalue weighted by molar-refractivity contribution is -0.141. The molecule has 0 N–H and O–H groups in total. The molecular weight excluding hydrogens is 480 g/mol. The van der Waals surface area contributed by atoms with Crippen LogP contribution in [0.5, 0.6) is 0 Å². The molecule has 0 fully saturated rings. The predicted octanol–water partition coefficient (Wildman–Crippen LogP) is 3.17. The number of rotatable bonds is 5. The minimum Gasteiger partial charge on any atom is -0.468 e. The Morgan fingerprint density at radius 2 is 1.86 bits per heavy atom. The summed E-state index contributed by atoms with van der Waals surface area (Å²) >= 11 is 4.67. The Morgan fingerprint density at radius 1 is 1.17 bits per heavy atom. The van der Waals surface area contributed by atoms with Crippen molar-refractivity contribution in [1.29, 1.82) is 0 Å². The number of nitrogens with zero attached hydrogens (tertiary/aromatic N) is 2. The van der Waals surface area contributed by atoms with Gasteiger partial charge in [0, 0.05) is 10.0 Å². The van der Waals surface area contributed by atoms with Crippen molar-refractivity contribution in [1.82, 2.24) is 4.57 Å². The summed E-state index contributed by atoms with van der Waals surface area (Å²) in [6.07, 6.45) is 0. The minimum absolute atomic E-state index is 0.0183. The fourth-order valence-corrected chi connectivity index (χ4v) is 5.07. The van der Waals surface area contributed by atoms with E-state index < -0.39 is 21.7 Å². The molecule has 0 bridgehead atoms. The van der Waals surface area contributed by atoms with Crippen molar-refractivity contribution in [3.63, 3.8) is 0 Å². The van der Waals surface area contributed by atoms with Gasteiger partial charge in [-0.3, -0.25) is 9.59 Å². The summed E-state index contributed by atoms with van der Waals surface area (Å²) in [6.45, 7) is 1.47. The molecule has 7 nitrogen and oxygen atoms in total. The number of esters is 1. The number of carbonyl (C=O) groups is 2. The number of ether oxygens (including phenoxy) is 1. The fourth-order valence-electron chi connectivity index (χ4n) is 2.60. The number of amides is 1. The Labute approximate surface area is 179 Å². The van der Waals surface area contributed by atoms with Gasteiger partial charge in [-0.1, -0.05) is 34.2 Å². The zero-order valence-electron chi connectivity index (χ0n) is 15.6. The van der Waals surface area contributed by atoms with Gasteiger partial charge in [0.2, 0.25) is 0 Å². The molecule has 0 unspecified atom stereocenters. The first kappa shape index (κ1) is 21.4. The van der Waals surface area contributed by atoms with Crippen LogP contribution < -0.4 is 4.80 Å². The zero-order valence-corrected chi connectivity index (χ0v) is 18.8. The molecule has 1 amide bonds. The van der Waals surface area contributed by atoms with Crippen LogP contribution in [0.15, 0.2) is 56.8 Å². The van der Waals surface area contributed by atoms with E-state index in [0.717, 1.165) is 14.7 Å². The fraction of sp³-hybridized carbons (Fsp3) is 0.211. The number of carbonyl (C=O) groups excluding carboxylic acids is 2. The molecule has 1 heterocycles. The normalized spacial score (nSPS) is 12.3. The largest absolute Gasteiger partial charge is 0.468 e. The number of sulfone groups is 1. The molecule has 3 rings (SSSR count). The third-order valence-corrected chi connectivity index (χ3v) is 7.48. The highest BCUT2D eigenvalue weighted by Gasteiger charge is 2.15. The molecule has 3 aromatic rings. The highest BCUT2D eigenvalue weighted by molar-refractivity contribution is 9.10. The molecule has 152 valence electrons. The lowest BCUT2D eigenvalue weighted by Crippen LogP contribution is -2.22. The molecule has 0 aliphatic carbocycles. The van der Waals surface area contributed by atoms with Gasteiger partial charge in [-0.05, 0) is 42.5 Å². The van der Waals surface area contributed by atoms with E-state index in [-0.39, 0.29) is 22.8 Å². The smallest absolute Gasteiger partial charge is 0.325 e. The van der Waals surface area contributed by atoms with E-state index in [1.165, 1.54) is 42.7 Å². The third-order valence-electron chi connectivity index (χ3n) is 4.20. The maximum absolute atomic E-state index is 12.6. The average Bonchev–Trinajstić information content (AvgIpc) is 3.03. The summed E-state index contributed by atoms with van der Waals surface area (Å²) in [5, 5.41) is 0. The molecule has 0 atom stereocenters. The Morgan fingerprint density at radius 3 is 2.48 bits per heavy atom. The second-order valence-corrected chi connectivity index (χ2v) is 10.2. The van der Waals surface area contributed by atoms with E-state index in [4.69, 9.17) is 4.74 Å². The second-order valence-electron chi connectivity index (χ2n) is 6.00. The number of thiazole rings is 1. The van der Waals surface area contributed by atoms with Crippen LogP contribution in [0.2, 0.25) is 0 Å². The summed E-state index contributed by atoms with van der Waals surface area (Å²) in [6, 6.07) is 11.2. The van der Waals surface area contributed by atoms with Crippen LogP contribution in [0, 0.1) is 0 Å². The summed E-state index contributed by atoms with van der Waals surface area (Å²) in [4.78, 5) is 29.1. The van der Waals surface area contributed by atoms with Crippen LogP contribution in [-0.2, 0) is 25.9 Å². The van der Waals surface area contributed by atoms with E-state index in [1.54, 1.807) is 11.5 Å². The standard InChI is InChI=1S/C19H17BrN2O5S2/c1-3-29(25,26)14-7-4-12(5-8-14)18(24)21-19-22(11-17(23)27-2)15-9-6-13(20)10-16(15)28-19/h4-10H,3,11H2,1-2H3. The first-order valence-electron chi connectivity index (χ1n) is 8.52. The van der Waals surface area contributed by atoms with Crippen molar-refractivity contribution in [2.24, 2.45) is 4.99 Å². The van der Waals surface area contributed by atoms with Gasteiger partial charge in [0.05, 0.1) is 28.0 Å². The molecule has 10 heteroatoms.